The average Bonchev–Trinajstić information content (AvgIpc) is 2.60. The van der Waals surface area contributed by atoms with Crippen molar-refractivity contribution in [2.24, 2.45) is 0 Å². The third kappa shape index (κ3) is 3.40. The zero-order valence-electron chi connectivity index (χ0n) is 13.6. The van der Waals surface area contributed by atoms with E-state index in [9.17, 15) is 0 Å². The van der Waals surface area contributed by atoms with Crippen molar-refractivity contribution in [2.75, 3.05) is 14.2 Å². The van der Waals surface area contributed by atoms with Crippen LogP contribution in [0.3, 0.4) is 0 Å². The first-order chi connectivity index (χ1) is 10.7. The van der Waals surface area contributed by atoms with Crippen molar-refractivity contribution in [3.05, 3.63) is 71.8 Å². The molecule has 0 aromatic heterocycles. The van der Waals surface area contributed by atoms with Gasteiger partial charge in [-0.1, -0.05) is 36.4 Å². The summed E-state index contributed by atoms with van der Waals surface area (Å²) in [5.41, 5.74) is 4.75. The maximum Gasteiger partial charge on any atom is 0.118 e. The minimum Gasteiger partial charge on any atom is -0.497 e. The van der Waals surface area contributed by atoms with Crippen LogP contribution in [-0.2, 0) is 0 Å². The van der Waals surface area contributed by atoms with Gasteiger partial charge >= 0.3 is 0 Å². The van der Waals surface area contributed by atoms with E-state index in [2.05, 4.69) is 50.3 Å². The van der Waals surface area contributed by atoms with Gasteiger partial charge in [0.2, 0.25) is 0 Å². The molecule has 22 heavy (non-hydrogen) atoms. The van der Waals surface area contributed by atoms with Gasteiger partial charge in [0.15, 0.2) is 0 Å². The molecule has 2 aromatic rings. The fourth-order valence-electron chi connectivity index (χ4n) is 2.50. The third-order valence-electron chi connectivity index (χ3n) is 3.67. The Hall–Kier alpha value is -2.48. The van der Waals surface area contributed by atoms with Crippen molar-refractivity contribution >= 4 is 11.1 Å². The summed E-state index contributed by atoms with van der Waals surface area (Å²) >= 11 is 0. The zero-order chi connectivity index (χ0) is 15.9. The smallest absolute Gasteiger partial charge is 0.118 e. The summed E-state index contributed by atoms with van der Waals surface area (Å²) in [7, 11) is 3.36. The van der Waals surface area contributed by atoms with Crippen LogP contribution < -0.4 is 9.47 Å². The Balaban J connectivity index is 2.38. The molecule has 0 amide bonds. The van der Waals surface area contributed by atoms with Gasteiger partial charge in [0.25, 0.3) is 0 Å². The monoisotopic (exact) mass is 294 g/mol. The highest BCUT2D eigenvalue weighted by Gasteiger charge is 2.09. The van der Waals surface area contributed by atoms with Gasteiger partial charge in [-0.05, 0) is 60.4 Å². The highest BCUT2D eigenvalue weighted by molar-refractivity contribution is 6.04. The van der Waals surface area contributed by atoms with Crippen LogP contribution in [0.25, 0.3) is 11.1 Å². The molecule has 0 bridgehead atoms. The molecular weight excluding hydrogens is 272 g/mol. The largest absolute Gasteiger partial charge is 0.497 e. The fourth-order valence-corrected chi connectivity index (χ4v) is 2.50. The number of rotatable bonds is 5. The summed E-state index contributed by atoms with van der Waals surface area (Å²) in [6.07, 6.45) is 4.28. The Morgan fingerprint density at radius 2 is 0.955 bits per heavy atom. The summed E-state index contributed by atoms with van der Waals surface area (Å²) in [6.45, 7) is 4.12. The summed E-state index contributed by atoms with van der Waals surface area (Å²) in [6, 6.07) is 16.3. The van der Waals surface area contributed by atoms with Crippen LogP contribution >= 0.6 is 0 Å². The molecular formula is C20H22O2. The zero-order valence-corrected chi connectivity index (χ0v) is 13.6. The van der Waals surface area contributed by atoms with E-state index < -0.39 is 0 Å². The lowest BCUT2D eigenvalue weighted by atomic mass is 9.92. The maximum absolute atomic E-state index is 5.23. The van der Waals surface area contributed by atoms with Crippen molar-refractivity contribution in [2.45, 2.75) is 13.8 Å². The molecule has 0 radical (unpaired) electrons. The van der Waals surface area contributed by atoms with Gasteiger partial charge in [-0.15, -0.1) is 0 Å². The molecule has 0 unspecified atom stereocenters. The van der Waals surface area contributed by atoms with Crippen molar-refractivity contribution in [1.29, 1.82) is 0 Å². The average molecular weight is 294 g/mol. The number of ether oxygens (including phenoxy) is 2. The topological polar surface area (TPSA) is 18.5 Å². The fraction of sp³-hybridized carbons (Fsp3) is 0.200. The predicted octanol–water partition coefficient (Wildman–Crippen LogP) is 5.21. The number of hydrogen-bond acceptors (Lipinski definition) is 2. The SMILES string of the molecule is C/C=C(/C(=C/C)c1ccc(OC)cc1)c1ccc(OC)cc1. The van der Waals surface area contributed by atoms with Crippen LogP contribution in [0.1, 0.15) is 25.0 Å². The molecule has 0 saturated heterocycles. The van der Waals surface area contributed by atoms with Crippen LogP contribution in [-0.4, -0.2) is 14.2 Å². The van der Waals surface area contributed by atoms with Crippen LogP contribution in [0.5, 0.6) is 11.5 Å². The number of methoxy groups -OCH3 is 2. The van der Waals surface area contributed by atoms with E-state index in [0.29, 0.717) is 0 Å². The highest BCUT2D eigenvalue weighted by Crippen LogP contribution is 2.32. The second-order valence-electron chi connectivity index (χ2n) is 4.86. The van der Waals surface area contributed by atoms with E-state index in [1.54, 1.807) is 14.2 Å². The molecule has 2 heteroatoms. The van der Waals surface area contributed by atoms with Crippen LogP contribution in [0.4, 0.5) is 0 Å². The Morgan fingerprint density at radius 3 is 1.18 bits per heavy atom. The van der Waals surface area contributed by atoms with Gasteiger partial charge in [0.05, 0.1) is 14.2 Å². The van der Waals surface area contributed by atoms with Gasteiger partial charge < -0.3 is 9.47 Å². The Labute approximate surface area is 132 Å². The summed E-state index contributed by atoms with van der Waals surface area (Å²) in [5.74, 6) is 1.73. The third-order valence-corrected chi connectivity index (χ3v) is 3.67. The molecule has 0 fully saturated rings. The molecule has 0 atom stereocenters. The lowest BCUT2D eigenvalue weighted by Gasteiger charge is -2.14. The molecule has 0 saturated carbocycles. The maximum atomic E-state index is 5.23. The van der Waals surface area contributed by atoms with E-state index in [0.717, 1.165) is 11.5 Å². The van der Waals surface area contributed by atoms with Crippen LogP contribution in [0.15, 0.2) is 60.7 Å². The van der Waals surface area contributed by atoms with Crippen molar-refractivity contribution < 1.29 is 9.47 Å². The summed E-state index contributed by atoms with van der Waals surface area (Å²) < 4.78 is 10.5. The number of benzene rings is 2. The Bertz CT molecular complexity index is 600. The minimum absolute atomic E-state index is 0.866. The minimum atomic E-state index is 0.866. The first kappa shape index (κ1) is 15.9. The van der Waals surface area contributed by atoms with Gasteiger partial charge in [-0.25, -0.2) is 0 Å². The van der Waals surface area contributed by atoms with Gasteiger partial charge in [0, 0.05) is 0 Å². The first-order valence-electron chi connectivity index (χ1n) is 7.35. The second kappa shape index (κ2) is 7.51. The quantitative estimate of drug-likeness (QED) is 0.705. The Morgan fingerprint density at radius 1 is 0.636 bits per heavy atom. The standard InChI is InChI=1S/C20H22O2/c1-5-19(15-7-11-17(21-3)12-8-15)20(6-2)16-9-13-18(22-4)14-10-16/h5-14H,1-4H3/b19-5+,20-6+. The molecule has 2 nitrogen and oxygen atoms in total. The molecule has 0 aliphatic carbocycles. The van der Waals surface area contributed by atoms with Gasteiger partial charge in [-0.2, -0.15) is 0 Å². The van der Waals surface area contributed by atoms with E-state index in [1.165, 1.54) is 22.3 Å². The van der Waals surface area contributed by atoms with Crippen LogP contribution in [0, 0.1) is 0 Å². The molecule has 114 valence electrons. The molecule has 0 N–H and O–H groups in total. The molecule has 2 aromatic carbocycles. The van der Waals surface area contributed by atoms with Gasteiger partial charge in [0.1, 0.15) is 11.5 Å². The van der Waals surface area contributed by atoms with Crippen LogP contribution in [0.2, 0.25) is 0 Å². The van der Waals surface area contributed by atoms with E-state index in [4.69, 9.17) is 9.47 Å². The lowest BCUT2D eigenvalue weighted by Crippen LogP contribution is -1.92. The lowest BCUT2D eigenvalue weighted by molar-refractivity contribution is 0.414. The van der Waals surface area contributed by atoms with E-state index in [1.807, 2.05) is 24.3 Å². The predicted molar refractivity (Wildman–Crippen MR) is 93.3 cm³/mol. The normalized spacial score (nSPS) is 12.2. The molecule has 0 heterocycles. The van der Waals surface area contributed by atoms with E-state index in [-0.39, 0.29) is 0 Å². The molecule has 0 spiro atoms. The van der Waals surface area contributed by atoms with Crippen molar-refractivity contribution in [3.8, 4) is 11.5 Å². The number of allylic oxidation sites excluding steroid dienone is 4. The number of hydrogen-bond donors (Lipinski definition) is 0. The molecule has 2 rings (SSSR count). The van der Waals surface area contributed by atoms with E-state index >= 15 is 0 Å². The van der Waals surface area contributed by atoms with Gasteiger partial charge in [-0.3, -0.25) is 0 Å². The first-order valence-corrected chi connectivity index (χ1v) is 7.35. The summed E-state index contributed by atoms with van der Waals surface area (Å²) in [5, 5.41) is 0. The molecule has 0 aliphatic rings. The highest BCUT2D eigenvalue weighted by atomic mass is 16.5. The summed E-state index contributed by atoms with van der Waals surface area (Å²) in [4.78, 5) is 0. The molecule has 0 aliphatic heterocycles. The Kier molecular flexibility index (Phi) is 5.42. The van der Waals surface area contributed by atoms with Crippen molar-refractivity contribution in [3.63, 3.8) is 0 Å². The van der Waals surface area contributed by atoms with Crippen molar-refractivity contribution in [1.82, 2.24) is 0 Å². The second-order valence-corrected chi connectivity index (χ2v) is 4.86.